The molecule has 0 atom stereocenters. The summed E-state index contributed by atoms with van der Waals surface area (Å²) < 4.78 is 27.3. The average molecular weight is 393 g/mol. The Morgan fingerprint density at radius 1 is 1.40 bits per heavy atom. The van der Waals surface area contributed by atoms with Crippen LogP contribution < -0.4 is 10.5 Å². The van der Waals surface area contributed by atoms with E-state index in [4.69, 9.17) is 22.6 Å². The van der Waals surface area contributed by atoms with E-state index in [1.54, 1.807) is 0 Å². The summed E-state index contributed by atoms with van der Waals surface area (Å²) in [6.07, 6.45) is 0. The topological polar surface area (TPSA) is 96.0 Å². The number of rotatable bonds is 3. The van der Waals surface area contributed by atoms with Crippen molar-refractivity contribution < 1.29 is 8.42 Å². The third-order valence-corrected chi connectivity index (χ3v) is 6.61. The summed E-state index contributed by atoms with van der Waals surface area (Å²) in [7, 11) is -3.80. The molecular weight excluding hydrogens is 386 g/mol. The van der Waals surface area contributed by atoms with Gasteiger partial charge < -0.3 is 5.73 Å². The lowest BCUT2D eigenvalue weighted by atomic mass is 10.2. The van der Waals surface area contributed by atoms with Crippen molar-refractivity contribution in [3.8, 4) is 6.07 Å². The first-order valence-electron chi connectivity index (χ1n) is 5.11. The van der Waals surface area contributed by atoms with Crippen LogP contribution in [0.1, 0.15) is 5.56 Å². The van der Waals surface area contributed by atoms with Gasteiger partial charge in [0.25, 0.3) is 10.0 Å². The van der Waals surface area contributed by atoms with Crippen molar-refractivity contribution >= 4 is 60.3 Å². The molecule has 3 N–H and O–H groups in total. The summed E-state index contributed by atoms with van der Waals surface area (Å²) in [6, 6.07) is 7.57. The average Bonchev–Trinajstić information content (AvgIpc) is 2.72. The summed E-state index contributed by atoms with van der Waals surface area (Å²) in [4.78, 5) is 0. The third kappa shape index (κ3) is 3.07. The van der Waals surface area contributed by atoms with E-state index >= 15 is 0 Å². The fourth-order valence-corrected chi connectivity index (χ4v) is 4.88. The molecule has 0 aliphatic heterocycles. The number of halogens is 2. The quantitative estimate of drug-likeness (QED) is 0.782. The summed E-state index contributed by atoms with van der Waals surface area (Å²) in [5.74, 6) is 0. The van der Waals surface area contributed by atoms with Crippen LogP contribution in [0.25, 0.3) is 0 Å². The Kier molecular flexibility index (Phi) is 4.25. The third-order valence-electron chi connectivity index (χ3n) is 2.30. The van der Waals surface area contributed by atoms with Gasteiger partial charge in [0, 0.05) is 5.69 Å². The van der Waals surface area contributed by atoms with Crippen LogP contribution in [-0.2, 0) is 10.0 Å². The van der Waals surface area contributed by atoms with E-state index in [-0.39, 0.29) is 15.5 Å². The van der Waals surface area contributed by atoms with Gasteiger partial charge in [0.15, 0.2) is 0 Å². The number of nitrogens with two attached hydrogens (primary N) is 1. The number of benzene rings is 1. The van der Waals surface area contributed by atoms with E-state index in [1.165, 1.54) is 24.3 Å². The molecule has 0 bridgehead atoms. The van der Waals surface area contributed by atoms with E-state index < -0.39 is 10.0 Å². The van der Waals surface area contributed by atoms with Crippen LogP contribution in [0.15, 0.2) is 32.3 Å². The lowest BCUT2D eigenvalue weighted by Crippen LogP contribution is -2.12. The van der Waals surface area contributed by atoms with Crippen LogP contribution >= 0.6 is 38.9 Å². The van der Waals surface area contributed by atoms with Crippen molar-refractivity contribution in [3.63, 3.8) is 0 Å². The lowest BCUT2D eigenvalue weighted by molar-refractivity contribution is 0.603. The summed E-state index contributed by atoms with van der Waals surface area (Å²) in [5.41, 5.74) is 6.25. The zero-order chi connectivity index (χ0) is 14.9. The van der Waals surface area contributed by atoms with Gasteiger partial charge in [-0.1, -0.05) is 11.6 Å². The molecule has 1 aromatic carbocycles. The highest BCUT2D eigenvalue weighted by Crippen LogP contribution is 2.35. The summed E-state index contributed by atoms with van der Waals surface area (Å²) in [6.45, 7) is 0. The van der Waals surface area contributed by atoms with Gasteiger partial charge in [0.1, 0.15) is 10.3 Å². The first-order chi connectivity index (χ1) is 9.33. The fourth-order valence-electron chi connectivity index (χ4n) is 1.40. The van der Waals surface area contributed by atoms with Crippen molar-refractivity contribution in [2.75, 3.05) is 10.5 Å². The first kappa shape index (κ1) is 15.1. The number of hydrogen-bond donors (Lipinski definition) is 2. The highest BCUT2D eigenvalue weighted by molar-refractivity contribution is 9.11. The maximum absolute atomic E-state index is 12.2. The van der Waals surface area contributed by atoms with Gasteiger partial charge in [-0.05, 0) is 40.2 Å². The molecule has 9 heteroatoms. The van der Waals surface area contributed by atoms with Crippen molar-refractivity contribution in [2.24, 2.45) is 0 Å². The number of nitrogens with one attached hydrogen (secondary N) is 1. The molecule has 0 unspecified atom stereocenters. The van der Waals surface area contributed by atoms with Crippen molar-refractivity contribution in [1.29, 1.82) is 5.26 Å². The second kappa shape index (κ2) is 5.61. The molecule has 2 rings (SSSR count). The predicted molar refractivity (Wildman–Crippen MR) is 83.4 cm³/mol. The molecule has 1 heterocycles. The lowest BCUT2D eigenvalue weighted by Gasteiger charge is -2.08. The molecule has 0 amide bonds. The number of nitrogen functional groups attached to an aromatic ring is 1. The van der Waals surface area contributed by atoms with Crippen molar-refractivity contribution in [2.45, 2.75) is 4.21 Å². The van der Waals surface area contributed by atoms with E-state index in [0.717, 1.165) is 11.3 Å². The van der Waals surface area contributed by atoms with Crippen molar-refractivity contribution in [3.05, 3.63) is 38.6 Å². The largest absolute Gasteiger partial charge is 0.399 e. The van der Waals surface area contributed by atoms with Gasteiger partial charge in [0.2, 0.25) is 0 Å². The Bertz CT molecular complexity index is 792. The number of nitrogens with zero attached hydrogens (tertiary/aromatic N) is 1. The molecule has 0 saturated carbocycles. The second-order valence-corrected chi connectivity index (χ2v) is 8.40. The van der Waals surface area contributed by atoms with Crippen LogP contribution in [0.4, 0.5) is 11.4 Å². The monoisotopic (exact) mass is 391 g/mol. The Morgan fingerprint density at radius 3 is 2.65 bits per heavy atom. The minimum atomic E-state index is -3.80. The van der Waals surface area contributed by atoms with Gasteiger partial charge in [-0.25, -0.2) is 8.42 Å². The van der Waals surface area contributed by atoms with Crippen LogP contribution in [0.2, 0.25) is 5.02 Å². The number of hydrogen-bond acceptors (Lipinski definition) is 5. The van der Waals surface area contributed by atoms with Crippen LogP contribution in [-0.4, -0.2) is 8.42 Å². The number of thiophene rings is 1. The molecule has 5 nitrogen and oxygen atoms in total. The molecule has 20 heavy (non-hydrogen) atoms. The van der Waals surface area contributed by atoms with E-state index in [0.29, 0.717) is 14.5 Å². The van der Waals surface area contributed by atoms with Crippen molar-refractivity contribution in [1.82, 2.24) is 0 Å². The SMILES string of the molecule is N#Cc1cc(N)ccc1NS(=O)(=O)c1cc(Cl)c(Br)s1. The Balaban J connectivity index is 2.41. The van der Waals surface area contributed by atoms with Gasteiger partial charge in [-0.2, -0.15) is 5.26 Å². The molecular formula is C11H7BrClN3O2S2. The number of anilines is 2. The van der Waals surface area contributed by atoms with E-state index in [1.807, 2.05) is 6.07 Å². The fraction of sp³-hybridized carbons (Fsp3) is 0. The second-order valence-electron chi connectivity index (χ2n) is 3.71. The standard InChI is InChI=1S/C11H7BrClN3O2S2/c12-11-8(13)4-10(19-11)20(17,18)16-9-2-1-7(15)3-6(9)5-14/h1-4,16H,15H2. The zero-order valence-electron chi connectivity index (χ0n) is 9.72. The summed E-state index contributed by atoms with van der Waals surface area (Å²) >= 11 is 9.96. The minimum Gasteiger partial charge on any atom is -0.399 e. The molecule has 0 spiro atoms. The van der Waals surface area contributed by atoms with Crippen LogP contribution in [0.3, 0.4) is 0 Å². The highest BCUT2D eigenvalue weighted by atomic mass is 79.9. The maximum Gasteiger partial charge on any atom is 0.271 e. The molecule has 1 aromatic heterocycles. The molecule has 0 aliphatic rings. The van der Waals surface area contributed by atoms with Gasteiger partial charge in [-0.15, -0.1) is 11.3 Å². The Labute approximate surface area is 133 Å². The zero-order valence-corrected chi connectivity index (χ0v) is 13.7. The van der Waals surface area contributed by atoms with E-state index in [9.17, 15) is 8.42 Å². The summed E-state index contributed by atoms with van der Waals surface area (Å²) in [5, 5.41) is 9.31. The normalized spacial score (nSPS) is 11.1. The first-order valence-corrected chi connectivity index (χ1v) is 8.58. The molecule has 0 saturated heterocycles. The van der Waals surface area contributed by atoms with E-state index in [2.05, 4.69) is 20.7 Å². The van der Waals surface area contributed by atoms with Crippen LogP contribution in [0, 0.1) is 11.3 Å². The van der Waals surface area contributed by atoms with Gasteiger partial charge in [0.05, 0.1) is 20.1 Å². The number of nitriles is 1. The molecule has 0 radical (unpaired) electrons. The Morgan fingerprint density at radius 2 is 2.10 bits per heavy atom. The molecule has 104 valence electrons. The van der Waals surface area contributed by atoms with Gasteiger partial charge >= 0.3 is 0 Å². The van der Waals surface area contributed by atoms with Crippen LogP contribution in [0.5, 0.6) is 0 Å². The van der Waals surface area contributed by atoms with Gasteiger partial charge in [-0.3, -0.25) is 4.72 Å². The molecule has 0 fully saturated rings. The Hall–Kier alpha value is -1.27. The number of sulfonamides is 1. The molecule has 2 aromatic rings. The maximum atomic E-state index is 12.2. The highest BCUT2D eigenvalue weighted by Gasteiger charge is 2.20. The smallest absolute Gasteiger partial charge is 0.271 e. The minimum absolute atomic E-state index is 0.0510. The predicted octanol–water partition coefficient (Wildman–Crippen LogP) is 3.42. The molecule has 0 aliphatic carbocycles.